The lowest BCUT2D eigenvalue weighted by atomic mass is 9.84. The van der Waals surface area contributed by atoms with Crippen LogP contribution in [0.4, 0.5) is 43.9 Å². The molecule has 0 aromatic heterocycles. The van der Waals surface area contributed by atoms with Crippen molar-refractivity contribution in [1.29, 1.82) is 0 Å². The minimum Gasteiger partial charge on any atom is -0.206 e. The molecular weight excluding hydrogens is 514 g/mol. The van der Waals surface area contributed by atoms with Crippen LogP contribution < -0.4 is 0 Å². The van der Waals surface area contributed by atoms with Gasteiger partial charge in [-0.2, -0.15) is 13.2 Å². The molecule has 0 saturated carbocycles. The number of hydrogen-bond acceptors (Lipinski definition) is 0. The number of fused-ring (bicyclic) bond motifs is 2. The molecule has 0 heterocycles. The number of halogens is 10. The van der Waals surface area contributed by atoms with Crippen LogP contribution >= 0.6 is 0 Å². The van der Waals surface area contributed by atoms with Crippen molar-refractivity contribution in [1.82, 2.24) is 0 Å². The van der Waals surface area contributed by atoms with E-state index in [4.69, 9.17) is 0 Å². The van der Waals surface area contributed by atoms with Gasteiger partial charge >= 0.3 is 6.18 Å². The van der Waals surface area contributed by atoms with E-state index in [-0.39, 0.29) is 11.1 Å². The summed E-state index contributed by atoms with van der Waals surface area (Å²) in [5.74, 6) is -14.2. The number of benzene rings is 5. The maximum Gasteiger partial charge on any atom is 0.422 e. The fourth-order valence-corrected chi connectivity index (χ4v) is 4.54. The van der Waals surface area contributed by atoms with Crippen molar-refractivity contribution >= 4 is 21.5 Å². The van der Waals surface area contributed by atoms with E-state index in [0.717, 1.165) is 18.2 Å². The highest BCUT2D eigenvalue weighted by Crippen LogP contribution is 2.49. The van der Waals surface area contributed by atoms with Crippen molar-refractivity contribution in [3.8, 4) is 22.3 Å². The first kappa shape index (κ1) is 24.6. The molecule has 0 spiro atoms. The Morgan fingerprint density at radius 1 is 0.432 bits per heavy atom. The summed E-state index contributed by atoms with van der Waals surface area (Å²) in [4.78, 5) is 0. The predicted molar refractivity (Wildman–Crippen MR) is 117 cm³/mol. The lowest BCUT2D eigenvalue weighted by Crippen LogP contribution is -2.16. The van der Waals surface area contributed by atoms with Gasteiger partial charge in [-0.25, -0.2) is 30.7 Å². The molecule has 5 rings (SSSR count). The first-order valence-electron chi connectivity index (χ1n) is 10.5. The van der Waals surface area contributed by atoms with E-state index >= 15 is 22.0 Å². The van der Waals surface area contributed by atoms with Crippen LogP contribution in [0.25, 0.3) is 43.8 Å². The highest BCUT2D eigenvalue weighted by atomic mass is 19.4. The molecule has 0 bridgehead atoms. The molecule has 0 unspecified atom stereocenters. The van der Waals surface area contributed by atoms with Crippen LogP contribution in [-0.2, 0) is 6.18 Å². The van der Waals surface area contributed by atoms with E-state index in [1.54, 1.807) is 6.07 Å². The van der Waals surface area contributed by atoms with Crippen molar-refractivity contribution in [2.75, 3.05) is 0 Å². The van der Waals surface area contributed by atoms with E-state index in [1.807, 2.05) is 0 Å². The van der Waals surface area contributed by atoms with Crippen LogP contribution in [0.5, 0.6) is 0 Å². The molecule has 5 aromatic carbocycles. The number of rotatable bonds is 2. The zero-order valence-corrected chi connectivity index (χ0v) is 18.1. The molecule has 188 valence electrons. The van der Waals surface area contributed by atoms with Gasteiger partial charge in [0.15, 0.2) is 23.3 Å². The summed E-state index contributed by atoms with van der Waals surface area (Å²) in [6, 6.07) is 11.6. The lowest BCUT2D eigenvalue weighted by molar-refractivity contribution is -0.143. The molecule has 10 heteroatoms. The predicted octanol–water partition coefficient (Wildman–Crippen LogP) is 9.32. The molecule has 0 saturated heterocycles. The van der Waals surface area contributed by atoms with Crippen LogP contribution in [-0.4, -0.2) is 0 Å². The molecule has 0 nitrogen and oxygen atoms in total. The van der Waals surface area contributed by atoms with Crippen LogP contribution in [0.3, 0.4) is 0 Å². The summed E-state index contributed by atoms with van der Waals surface area (Å²) < 4.78 is 145. The van der Waals surface area contributed by atoms with Crippen molar-refractivity contribution in [2.24, 2.45) is 0 Å². The molecular formula is C27H10F10. The Labute approximate surface area is 201 Å². The topological polar surface area (TPSA) is 0 Å². The lowest BCUT2D eigenvalue weighted by Gasteiger charge is -2.21. The van der Waals surface area contributed by atoms with Gasteiger partial charge in [0.2, 0.25) is 0 Å². The van der Waals surface area contributed by atoms with Gasteiger partial charge in [-0.15, -0.1) is 0 Å². The second kappa shape index (κ2) is 8.50. The van der Waals surface area contributed by atoms with Crippen molar-refractivity contribution in [3.05, 3.63) is 107 Å². The summed E-state index contributed by atoms with van der Waals surface area (Å²) in [5, 5.41) is -2.63. The first-order valence-corrected chi connectivity index (χ1v) is 10.5. The Morgan fingerprint density at radius 3 is 1.49 bits per heavy atom. The molecule has 0 atom stereocenters. The largest absolute Gasteiger partial charge is 0.422 e. The Bertz CT molecular complexity index is 1690. The van der Waals surface area contributed by atoms with Crippen LogP contribution in [0.1, 0.15) is 5.56 Å². The molecule has 0 aliphatic heterocycles. The molecule has 0 amide bonds. The van der Waals surface area contributed by atoms with Gasteiger partial charge in [0, 0.05) is 27.3 Å². The van der Waals surface area contributed by atoms with Gasteiger partial charge in [0.25, 0.3) is 0 Å². The smallest absolute Gasteiger partial charge is 0.206 e. The van der Waals surface area contributed by atoms with Gasteiger partial charge in [-0.3, -0.25) is 0 Å². The van der Waals surface area contributed by atoms with Crippen LogP contribution in [0, 0.1) is 40.7 Å². The molecule has 37 heavy (non-hydrogen) atoms. The fraction of sp³-hybridized carbons (Fsp3) is 0.0370. The van der Waals surface area contributed by atoms with E-state index in [1.165, 1.54) is 24.3 Å². The van der Waals surface area contributed by atoms with E-state index in [9.17, 15) is 22.0 Å². The summed E-state index contributed by atoms with van der Waals surface area (Å²) >= 11 is 0. The highest BCUT2D eigenvalue weighted by molar-refractivity contribution is 6.22. The normalized spacial score (nSPS) is 12.1. The second-order valence-electron chi connectivity index (χ2n) is 8.06. The molecule has 5 aromatic rings. The summed E-state index contributed by atoms with van der Waals surface area (Å²) in [7, 11) is 0. The third kappa shape index (κ3) is 3.61. The maximum atomic E-state index is 15.3. The van der Waals surface area contributed by atoms with Gasteiger partial charge in [0.05, 0.1) is 5.56 Å². The third-order valence-electron chi connectivity index (χ3n) is 6.00. The monoisotopic (exact) mass is 524 g/mol. The van der Waals surface area contributed by atoms with E-state index < -0.39 is 85.1 Å². The third-order valence-corrected chi connectivity index (χ3v) is 6.00. The van der Waals surface area contributed by atoms with Gasteiger partial charge in [-0.1, -0.05) is 42.5 Å². The minimum absolute atomic E-state index is 0.157. The molecule has 0 radical (unpaired) electrons. The molecule has 0 fully saturated rings. The Balaban J connectivity index is 2.12. The summed E-state index contributed by atoms with van der Waals surface area (Å²) in [6.45, 7) is 0. The molecule has 0 aliphatic rings. The van der Waals surface area contributed by atoms with Crippen molar-refractivity contribution in [3.63, 3.8) is 0 Å². The van der Waals surface area contributed by atoms with Crippen LogP contribution in [0.15, 0.2) is 60.7 Å². The number of hydrogen-bond donors (Lipinski definition) is 0. The highest BCUT2D eigenvalue weighted by Gasteiger charge is 2.43. The van der Waals surface area contributed by atoms with E-state index in [0.29, 0.717) is 12.1 Å². The minimum atomic E-state index is -5.82. The fourth-order valence-electron chi connectivity index (χ4n) is 4.54. The Kier molecular flexibility index (Phi) is 5.65. The zero-order chi connectivity index (χ0) is 26.8. The molecule has 0 N–H and O–H groups in total. The summed E-state index contributed by atoms with van der Waals surface area (Å²) in [6.07, 6.45) is -5.82. The van der Waals surface area contributed by atoms with Gasteiger partial charge in [-0.05, 0) is 29.1 Å². The average molecular weight is 524 g/mol. The summed E-state index contributed by atoms with van der Waals surface area (Å²) in [5.41, 5.74) is -5.71. The van der Waals surface area contributed by atoms with Gasteiger partial charge < -0.3 is 0 Å². The zero-order valence-electron chi connectivity index (χ0n) is 18.1. The quantitative estimate of drug-likeness (QED) is 0.123. The first-order chi connectivity index (χ1) is 17.4. The second-order valence-corrected chi connectivity index (χ2v) is 8.06. The maximum absolute atomic E-state index is 15.3. The van der Waals surface area contributed by atoms with Gasteiger partial charge in [0.1, 0.15) is 23.0 Å². The van der Waals surface area contributed by atoms with Crippen molar-refractivity contribution in [2.45, 2.75) is 6.18 Å². The van der Waals surface area contributed by atoms with E-state index in [2.05, 4.69) is 0 Å². The standard InChI is InChI=1S/C27H10F10/c28-13-8-4-7-12-17(13)16(11-5-2-1-3-6-11)19-14(29)9-10-15(30)20(19)18(12)21-23(31)25(33)22(27(35,36)37)26(34)24(21)32/h1-10H. The SMILES string of the molecule is Fc1c(F)c(C(F)(F)F)c(F)c(F)c1-c1c2cccc(F)c2c(-c2ccccc2)c2c(F)ccc(F)c12. The van der Waals surface area contributed by atoms with Crippen LogP contribution in [0.2, 0.25) is 0 Å². The Morgan fingerprint density at radius 2 is 0.946 bits per heavy atom. The molecule has 0 aliphatic carbocycles. The van der Waals surface area contributed by atoms with Crippen molar-refractivity contribution < 1.29 is 43.9 Å². The Hall–Kier alpha value is -4.08. The average Bonchev–Trinajstić information content (AvgIpc) is 2.85. The number of alkyl halides is 3.